The molecule has 0 amide bonds. The van der Waals surface area contributed by atoms with Gasteiger partial charge in [0.25, 0.3) is 0 Å². The number of hydrogen-bond donors (Lipinski definition) is 1. The molecule has 0 atom stereocenters. The average molecular weight is 264 g/mol. The Morgan fingerprint density at radius 2 is 2.11 bits per heavy atom. The van der Waals surface area contributed by atoms with Crippen molar-refractivity contribution in [1.82, 2.24) is 14.9 Å². The van der Waals surface area contributed by atoms with E-state index in [1.165, 1.54) is 38.2 Å². The molecule has 108 valence electrons. The third-order valence-corrected chi connectivity index (χ3v) is 4.03. The SMILES string of the molecule is CCCCn1ccnc1N1CCC(CNCC)CC1. The molecule has 1 aromatic heterocycles. The van der Waals surface area contributed by atoms with Crippen LogP contribution < -0.4 is 10.2 Å². The van der Waals surface area contributed by atoms with Gasteiger partial charge in [-0.25, -0.2) is 4.98 Å². The van der Waals surface area contributed by atoms with Crippen LogP contribution in [0, 0.1) is 5.92 Å². The Labute approximate surface area is 117 Å². The average Bonchev–Trinajstić information content (AvgIpc) is 2.92. The van der Waals surface area contributed by atoms with Gasteiger partial charge in [-0.1, -0.05) is 20.3 Å². The van der Waals surface area contributed by atoms with Crippen molar-refractivity contribution in [3.05, 3.63) is 12.4 Å². The van der Waals surface area contributed by atoms with Gasteiger partial charge in [-0.2, -0.15) is 0 Å². The predicted molar refractivity (Wildman–Crippen MR) is 80.6 cm³/mol. The first-order valence-electron chi connectivity index (χ1n) is 7.82. The first kappa shape index (κ1) is 14.4. The molecule has 1 aromatic rings. The highest BCUT2D eigenvalue weighted by Gasteiger charge is 2.21. The first-order chi connectivity index (χ1) is 9.35. The zero-order chi connectivity index (χ0) is 13.5. The smallest absolute Gasteiger partial charge is 0.205 e. The van der Waals surface area contributed by atoms with Crippen molar-refractivity contribution in [3.8, 4) is 0 Å². The Kier molecular flexibility index (Phi) is 5.70. The molecule has 1 fully saturated rings. The number of nitrogens with zero attached hydrogens (tertiary/aromatic N) is 3. The maximum Gasteiger partial charge on any atom is 0.205 e. The van der Waals surface area contributed by atoms with Crippen LogP contribution in [-0.4, -0.2) is 35.7 Å². The molecule has 0 bridgehead atoms. The number of nitrogens with one attached hydrogen (secondary N) is 1. The van der Waals surface area contributed by atoms with Crippen molar-refractivity contribution in [2.24, 2.45) is 5.92 Å². The zero-order valence-electron chi connectivity index (χ0n) is 12.4. The Morgan fingerprint density at radius 3 is 2.79 bits per heavy atom. The summed E-state index contributed by atoms with van der Waals surface area (Å²) in [4.78, 5) is 7.01. The number of anilines is 1. The van der Waals surface area contributed by atoms with Crippen molar-refractivity contribution in [2.45, 2.75) is 46.1 Å². The molecule has 1 saturated heterocycles. The van der Waals surface area contributed by atoms with Crippen LogP contribution in [0.15, 0.2) is 12.4 Å². The van der Waals surface area contributed by atoms with Gasteiger partial charge in [0, 0.05) is 32.0 Å². The summed E-state index contributed by atoms with van der Waals surface area (Å²) in [5.74, 6) is 2.02. The summed E-state index contributed by atoms with van der Waals surface area (Å²) in [6, 6.07) is 0. The lowest BCUT2D eigenvalue weighted by Gasteiger charge is -2.33. The molecule has 4 nitrogen and oxygen atoms in total. The monoisotopic (exact) mass is 264 g/mol. The summed E-state index contributed by atoms with van der Waals surface area (Å²) in [6.45, 7) is 10.1. The fourth-order valence-corrected chi connectivity index (χ4v) is 2.77. The quantitative estimate of drug-likeness (QED) is 0.821. The van der Waals surface area contributed by atoms with Crippen LogP contribution in [0.5, 0.6) is 0 Å². The molecule has 2 heterocycles. The fourth-order valence-electron chi connectivity index (χ4n) is 2.77. The number of aryl methyl sites for hydroxylation is 1. The van der Waals surface area contributed by atoms with E-state index in [9.17, 15) is 0 Å². The third-order valence-electron chi connectivity index (χ3n) is 4.03. The van der Waals surface area contributed by atoms with E-state index in [0.29, 0.717) is 0 Å². The minimum atomic E-state index is 0.843. The van der Waals surface area contributed by atoms with Gasteiger partial charge in [-0.15, -0.1) is 0 Å². The van der Waals surface area contributed by atoms with Crippen molar-refractivity contribution in [1.29, 1.82) is 0 Å². The molecular formula is C15H28N4. The van der Waals surface area contributed by atoms with Crippen LogP contribution in [0.3, 0.4) is 0 Å². The van der Waals surface area contributed by atoms with Crippen molar-refractivity contribution in [3.63, 3.8) is 0 Å². The molecular weight excluding hydrogens is 236 g/mol. The second kappa shape index (κ2) is 7.53. The zero-order valence-corrected chi connectivity index (χ0v) is 12.4. The fraction of sp³-hybridized carbons (Fsp3) is 0.800. The molecule has 0 radical (unpaired) electrons. The Morgan fingerprint density at radius 1 is 1.32 bits per heavy atom. The first-order valence-corrected chi connectivity index (χ1v) is 7.82. The van der Waals surface area contributed by atoms with Crippen molar-refractivity contribution in [2.75, 3.05) is 31.1 Å². The molecule has 0 spiro atoms. The van der Waals surface area contributed by atoms with E-state index < -0.39 is 0 Å². The van der Waals surface area contributed by atoms with E-state index in [0.717, 1.165) is 32.1 Å². The minimum Gasteiger partial charge on any atom is -0.342 e. The lowest BCUT2D eigenvalue weighted by molar-refractivity contribution is 0.381. The molecule has 1 N–H and O–H groups in total. The van der Waals surface area contributed by atoms with E-state index in [-0.39, 0.29) is 0 Å². The Bertz CT molecular complexity index is 353. The van der Waals surface area contributed by atoms with Gasteiger partial charge in [0.15, 0.2) is 0 Å². The third kappa shape index (κ3) is 3.96. The molecule has 2 rings (SSSR count). The van der Waals surface area contributed by atoms with Crippen LogP contribution in [-0.2, 0) is 6.54 Å². The van der Waals surface area contributed by atoms with Gasteiger partial charge in [-0.3, -0.25) is 0 Å². The van der Waals surface area contributed by atoms with Gasteiger partial charge in [0.1, 0.15) is 0 Å². The van der Waals surface area contributed by atoms with Gasteiger partial charge in [0.2, 0.25) is 5.95 Å². The van der Waals surface area contributed by atoms with Gasteiger partial charge in [-0.05, 0) is 38.3 Å². The lowest BCUT2D eigenvalue weighted by Crippen LogP contribution is -2.38. The van der Waals surface area contributed by atoms with Crippen LogP contribution in [0.25, 0.3) is 0 Å². The van der Waals surface area contributed by atoms with Gasteiger partial charge >= 0.3 is 0 Å². The minimum absolute atomic E-state index is 0.843. The standard InChI is InChI=1S/C15H28N4/c1-3-5-9-18-12-8-17-15(18)19-10-6-14(7-11-19)13-16-4-2/h8,12,14,16H,3-7,9-11,13H2,1-2H3. The molecule has 0 unspecified atom stereocenters. The Hall–Kier alpha value is -1.03. The van der Waals surface area contributed by atoms with E-state index in [4.69, 9.17) is 0 Å². The van der Waals surface area contributed by atoms with Gasteiger partial charge < -0.3 is 14.8 Å². The maximum atomic E-state index is 4.55. The normalized spacial score (nSPS) is 17.1. The molecule has 1 aliphatic rings. The Balaban J connectivity index is 1.85. The van der Waals surface area contributed by atoms with E-state index in [1.54, 1.807) is 0 Å². The molecule has 4 heteroatoms. The number of hydrogen-bond acceptors (Lipinski definition) is 3. The molecule has 0 aliphatic carbocycles. The summed E-state index contributed by atoms with van der Waals surface area (Å²) < 4.78 is 2.31. The highest BCUT2D eigenvalue weighted by molar-refractivity contribution is 5.31. The largest absolute Gasteiger partial charge is 0.342 e. The van der Waals surface area contributed by atoms with E-state index in [2.05, 4.69) is 39.8 Å². The predicted octanol–water partition coefficient (Wildman–Crippen LogP) is 2.51. The lowest BCUT2D eigenvalue weighted by atomic mass is 9.97. The number of imidazole rings is 1. The number of piperidine rings is 1. The van der Waals surface area contributed by atoms with E-state index >= 15 is 0 Å². The van der Waals surface area contributed by atoms with Gasteiger partial charge in [0.05, 0.1) is 0 Å². The number of unbranched alkanes of at least 4 members (excludes halogenated alkanes) is 1. The van der Waals surface area contributed by atoms with Crippen molar-refractivity contribution < 1.29 is 0 Å². The molecule has 0 aromatic carbocycles. The summed E-state index contributed by atoms with van der Waals surface area (Å²) in [5, 5.41) is 3.47. The van der Waals surface area contributed by atoms with Crippen LogP contribution in [0.1, 0.15) is 39.5 Å². The number of rotatable bonds is 7. The second-order valence-electron chi connectivity index (χ2n) is 5.51. The van der Waals surface area contributed by atoms with E-state index in [1.807, 2.05) is 6.20 Å². The van der Waals surface area contributed by atoms with Crippen LogP contribution in [0.2, 0.25) is 0 Å². The van der Waals surface area contributed by atoms with Crippen LogP contribution in [0.4, 0.5) is 5.95 Å². The summed E-state index contributed by atoms with van der Waals surface area (Å²) >= 11 is 0. The summed E-state index contributed by atoms with van der Waals surface area (Å²) in [7, 11) is 0. The maximum absolute atomic E-state index is 4.55. The van der Waals surface area contributed by atoms with Crippen LogP contribution >= 0.6 is 0 Å². The highest BCUT2D eigenvalue weighted by Crippen LogP contribution is 2.22. The molecule has 0 saturated carbocycles. The van der Waals surface area contributed by atoms with Crippen molar-refractivity contribution >= 4 is 5.95 Å². The summed E-state index contributed by atoms with van der Waals surface area (Å²) in [5.41, 5.74) is 0. The number of aromatic nitrogens is 2. The highest BCUT2D eigenvalue weighted by atomic mass is 15.3. The topological polar surface area (TPSA) is 33.1 Å². The molecule has 1 aliphatic heterocycles. The molecule has 19 heavy (non-hydrogen) atoms. The summed E-state index contributed by atoms with van der Waals surface area (Å²) in [6.07, 6.45) is 9.11. The second-order valence-corrected chi connectivity index (χ2v) is 5.51.